The number of rotatable bonds is 5. The van der Waals surface area contributed by atoms with Crippen molar-refractivity contribution in [3.63, 3.8) is 0 Å². The van der Waals surface area contributed by atoms with Gasteiger partial charge >= 0.3 is 0 Å². The van der Waals surface area contributed by atoms with E-state index in [2.05, 4.69) is 15.3 Å². The van der Waals surface area contributed by atoms with Gasteiger partial charge in [0, 0.05) is 28.6 Å². The molecule has 0 saturated heterocycles. The van der Waals surface area contributed by atoms with Gasteiger partial charge in [-0.1, -0.05) is 22.8 Å². The number of amides is 1. The van der Waals surface area contributed by atoms with Crippen LogP contribution in [0.4, 0.5) is 0 Å². The second-order valence-corrected chi connectivity index (χ2v) is 3.94. The summed E-state index contributed by atoms with van der Waals surface area (Å²) in [5.74, 6) is -0.173. The summed E-state index contributed by atoms with van der Waals surface area (Å²) in [5.41, 5.74) is 9.53. The van der Waals surface area contributed by atoms with E-state index in [-0.39, 0.29) is 5.91 Å². The van der Waals surface area contributed by atoms with Gasteiger partial charge in [0.25, 0.3) is 5.91 Å². The minimum absolute atomic E-state index is 0.173. The van der Waals surface area contributed by atoms with Gasteiger partial charge in [0.2, 0.25) is 0 Å². The Labute approximate surface area is 104 Å². The highest BCUT2D eigenvalue weighted by Crippen LogP contribution is 2.16. The van der Waals surface area contributed by atoms with Gasteiger partial charge in [-0.3, -0.25) is 4.79 Å². The standard InChI is InChI=1S/C11H13ClN4O/c1-8-3-4-9(7-10(8)12)11(17)14-5-2-6-15-16-13/h3-4,7H,2,5-6H2,1H3,(H,14,17). The number of azide groups is 1. The van der Waals surface area contributed by atoms with Crippen LogP contribution in [0.2, 0.25) is 5.02 Å². The summed E-state index contributed by atoms with van der Waals surface area (Å²) in [5, 5.41) is 6.67. The first-order valence-electron chi connectivity index (χ1n) is 5.20. The van der Waals surface area contributed by atoms with Crippen molar-refractivity contribution in [2.24, 2.45) is 5.11 Å². The highest BCUT2D eigenvalue weighted by Gasteiger charge is 2.06. The van der Waals surface area contributed by atoms with E-state index in [1.165, 1.54) is 0 Å². The lowest BCUT2D eigenvalue weighted by molar-refractivity contribution is 0.0953. The lowest BCUT2D eigenvalue weighted by Gasteiger charge is -2.05. The molecule has 6 heteroatoms. The van der Waals surface area contributed by atoms with Crippen LogP contribution < -0.4 is 5.32 Å². The zero-order valence-corrected chi connectivity index (χ0v) is 10.2. The predicted octanol–water partition coefficient (Wildman–Crippen LogP) is 3.08. The fourth-order valence-electron chi connectivity index (χ4n) is 1.23. The lowest BCUT2D eigenvalue weighted by atomic mass is 10.1. The van der Waals surface area contributed by atoms with Gasteiger partial charge in [-0.05, 0) is 36.6 Å². The van der Waals surface area contributed by atoms with Crippen LogP contribution in [-0.2, 0) is 0 Å². The fourth-order valence-corrected chi connectivity index (χ4v) is 1.41. The third kappa shape index (κ3) is 4.34. The summed E-state index contributed by atoms with van der Waals surface area (Å²) in [6, 6.07) is 5.17. The number of nitrogens with one attached hydrogen (secondary N) is 1. The number of carbonyl (C=O) groups excluding carboxylic acids is 1. The zero-order valence-electron chi connectivity index (χ0n) is 9.48. The van der Waals surface area contributed by atoms with E-state index < -0.39 is 0 Å². The molecule has 90 valence electrons. The van der Waals surface area contributed by atoms with E-state index in [0.29, 0.717) is 30.1 Å². The first-order valence-corrected chi connectivity index (χ1v) is 5.58. The first kappa shape index (κ1) is 13.4. The molecule has 1 rings (SSSR count). The quantitative estimate of drug-likeness (QED) is 0.372. The smallest absolute Gasteiger partial charge is 0.251 e. The Hall–Kier alpha value is -1.71. The van der Waals surface area contributed by atoms with Gasteiger partial charge in [-0.15, -0.1) is 0 Å². The number of hydrogen-bond acceptors (Lipinski definition) is 2. The van der Waals surface area contributed by atoms with Crippen molar-refractivity contribution in [2.75, 3.05) is 13.1 Å². The number of carbonyl (C=O) groups is 1. The molecule has 0 bridgehead atoms. The molecule has 0 aromatic heterocycles. The monoisotopic (exact) mass is 252 g/mol. The largest absolute Gasteiger partial charge is 0.352 e. The van der Waals surface area contributed by atoms with Crippen molar-refractivity contribution in [1.82, 2.24) is 5.32 Å². The summed E-state index contributed by atoms with van der Waals surface area (Å²) < 4.78 is 0. The van der Waals surface area contributed by atoms with E-state index in [4.69, 9.17) is 17.1 Å². The van der Waals surface area contributed by atoms with Crippen LogP contribution in [0.5, 0.6) is 0 Å². The molecule has 1 amide bonds. The normalized spacial score (nSPS) is 9.53. The third-order valence-electron chi connectivity index (χ3n) is 2.22. The summed E-state index contributed by atoms with van der Waals surface area (Å²) in [6.07, 6.45) is 0.620. The molecule has 1 aromatic carbocycles. The Bertz CT molecular complexity index is 455. The third-order valence-corrected chi connectivity index (χ3v) is 2.62. The molecule has 0 radical (unpaired) electrons. The zero-order chi connectivity index (χ0) is 12.7. The minimum Gasteiger partial charge on any atom is -0.352 e. The molecule has 0 aliphatic heterocycles. The first-order chi connectivity index (χ1) is 8.15. The van der Waals surface area contributed by atoms with E-state index in [9.17, 15) is 4.79 Å². The van der Waals surface area contributed by atoms with Crippen LogP contribution in [-0.4, -0.2) is 19.0 Å². The molecule has 0 heterocycles. The molecule has 0 atom stereocenters. The van der Waals surface area contributed by atoms with Gasteiger partial charge in [-0.2, -0.15) is 0 Å². The van der Waals surface area contributed by atoms with Crippen molar-refractivity contribution in [3.8, 4) is 0 Å². The molecule has 0 aliphatic carbocycles. The van der Waals surface area contributed by atoms with Crippen molar-refractivity contribution in [3.05, 3.63) is 44.8 Å². The van der Waals surface area contributed by atoms with Gasteiger partial charge in [0.05, 0.1) is 0 Å². The average Bonchev–Trinajstić information content (AvgIpc) is 2.32. The van der Waals surface area contributed by atoms with Crippen molar-refractivity contribution in [1.29, 1.82) is 0 Å². The van der Waals surface area contributed by atoms with Crippen LogP contribution in [0.1, 0.15) is 22.3 Å². The summed E-state index contributed by atoms with van der Waals surface area (Å²) >= 11 is 5.93. The molecule has 17 heavy (non-hydrogen) atoms. The van der Waals surface area contributed by atoms with Crippen LogP contribution in [0, 0.1) is 6.92 Å². The summed E-state index contributed by atoms with van der Waals surface area (Å²) in [7, 11) is 0. The second-order valence-electron chi connectivity index (χ2n) is 3.53. The molecular formula is C11H13ClN4O. The number of nitrogens with zero attached hydrogens (tertiary/aromatic N) is 3. The molecule has 0 unspecified atom stereocenters. The molecule has 0 saturated carbocycles. The molecule has 1 N–H and O–H groups in total. The number of halogens is 1. The van der Waals surface area contributed by atoms with Crippen LogP contribution >= 0.6 is 11.6 Å². The number of benzene rings is 1. The highest BCUT2D eigenvalue weighted by atomic mass is 35.5. The Morgan fingerprint density at radius 2 is 2.35 bits per heavy atom. The topological polar surface area (TPSA) is 77.9 Å². The predicted molar refractivity (Wildman–Crippen MR) is 67.2 cm³/mol. The van der Waals surface area contributed by atoms with Gasteiger partial charge < -0.3 is 5.32 Å². The number of aryl methyl sites for hydroxylation is 1. The van der Waals surface area contributed by atoms with Gasteiger partial charge in [-0.25, -0.2) is 0 Å². The van der Waals surface area contributed by atoms with Gasteiger partial charge in [0.1, 0.15) is 0 Å². The molecule has 1 aromatic rings. The van der Waals surface area contributed by atoms with Crippen molar-refractivity contribution >= 4 is 17.5 Å². The fraction of sp³-hybridized carbons (Fsp3) is 0.364. The molecule has 0 aliphatic rings. The maximum absolute atomic E-state index is 11.7. The molecule has 5 nitrogen and oxygen atoms in total. The molecular weight excluding hydrogens is 240 g/mol. The summed E-state index contributed by atoms with van der Waals surface area (Å²) in [6.45, 7) is 2.73. The lowest BCUT2D eigenvalue weighted by Crippen LogP contribution is -2.24. The minimum atomic E-state index is -0.173. The van der Waals surface area contributed by atoms with E-state index in [1.807, 2.05) is 6.92 Å². The van der Waals surface area contributed by atoms with E-state index >= 15 is 0 Å². The van der Waals surface area contributed by atoms with E-state index in [0.717, 1.165) is 5.56 Å². The van der Waals surface area contributed by atoms with Gasteiger partial charge in [0.15, 0.2) is 0 Å². The molecule has 0 spiro atoms. The Kier molecular flexibility index (Phi) is 5.33. The molecule has 0 fully saturated rings. The maximum atomic E-state index is 11.7. The van der Waals surface area contributed by atoms with Crippen LogP contribution in [0.3, 0.4) is 0 Å². The van der Waals surface area contributed by atoms with Crippen LogP contribution in [0.15, 0.2) is 23.3 Å². The Morgan fingerprint density at radius 3 is 3.00 bits per heavy atom. The second kappa shape index (κ2) is 6.78. The Balaban J connectivity index is 2.46. The maximum Gasteiger partial charge on any atom is 0.251 e. The van der Waals surface area contributed by atoms with Crippen molar-refractivity contribution < 1.29 is 4.79 Å². The summed E-state index contributed by atoms with van der Waals surface area (Å²) in [4.78, 5) is 14.3. The van der Waals surface area contributed by atoms with Crippen molar-refractivity contribution in [2.45, 2.75) is 13.3 Å². The average molecular weight is 253 g/mol. The SMILES string of the molecule is Cc1ccc(C(=O)NCCCN=[N+]=[N-])cc1Cl. The Morgan fingerprint density at radius 1 is 1.59 bits per heavy atom. The van der Waals surface area contributed by atoms with E-state index in [1.54, 1.807) is 18.2 Å². The highest BCUT2D eigenvalue weighted by molar-refractivity contribution is 6.31. The number of hydrogen-bond donors (Lipinski definition) is 1. The van der Waals surface area contributed by atoms with Crippen LogP contribution in [0.25, 0.3) is 10.4 Å².